The van der Waals surface area contributed by atoms with E-state index in [0.29, 0.717) is 17.9 Å². The van der Waals surface area contributed by atoms with E-state index in [9.17, 15) is 4.79 Å². The van der Waals surface area contributed by atoms with Crippen LogP contribution in [0, 0.1) is 0 Å². The number of para-hydroxylation sites is 1. The third kappa shape index (κ3) is 3.94. The number of aromatic nitrogens is 2. The molecule has 1 atom stereocenters. The van der Waals surface area contributed by atoms with Gasteiger partial charge in [0.1, 0.15) is 12.4 Å². The summed E-state index contributed by atoms with van der Waals surface area (Å²) in [5.41, 5.74) is 3.14. The fraction of sp³-hybridized carbons (Fsp3) is 0.217. The first-order valence-corrected chi connectivity index (χ1v) is 10.8. The predicted octanol–water partition coefficient (Wildman–Crippen LogP) is 4.87. The average molecular weight is 420 g/mol. The Morgan fingerprint density at radius 1 is 1.23 bits per heavy atom. The first-order valence-electron chi connectivity index (χ1n) is 9.94. The molecule has 4 aromatic rings. The van der Waals surface area contributed by atoms with Crippen molar-refractivity contribution in [1.29, 1.82) is 0 Å². The number of ether oxygens (including phenoxy) is 2. The lowest BCUT2D eigenvalue weighted by molar-refractivity contribution is 0.0673. The van der Waals surface area contributed by atoms with Crippen LogP contribution in [0.15, 0.2) is 66.3 Å². The molecular weight excluding hydrogens is 398 g/mol. The summed E-state index contributed by atoms with van der Waals surface area (Å²) in [7, 11) is 0. The van der Waals surface area contributed by atoms with Crippen LogP contribution in [0.4, 0.5) is 5.69 Å². The van der Waals surface area contributed by atoms with Gasteiger partial charge in [0, 0.05) is 35.6 Å². The van der Waals surface area contributed by atoms with Gasteiger partial charge in [0.2, 0.25) is 0 Å². The minimum Gasteiger partial charge on any atom is -0.490 e. The zero-order valence-electron chi connectivity index (χ0n) is 16.3. The quantitative estimate of drug-likeness (QED) is 0.484. The van der Waals surface area contributed by atoms with Crippen molar-refractivity contribution in [1.82, 2.24) is 9.38 Å². The van der Waals surface area contributed by atoms with Gasteiger partial charge in [-0.15, -0.1) is 11.3 Å². The molecular formula is C23H21N3O3S. The molecule has 1 fully saturated rings. The van der Waals surface area contributed by atoms with E-state index in [1.54, 1.807) is 17.4 Å². The van der Waals surface area contributed by atoms with Crippen molar-refractivity contribution in [2.45, 2.75) is 18.9 Å². The summed E-state index contributed by atoms with van der Waals surface area (Å²) < 4.78 is 13.5. The van der Waals surface area contributed by atoms with E-state index >= 15 is 0 Å². The van der Waals surface area contributed by atoms with Gasteiger partial charge in [-0.25, -0.2) is 4.98 Å². The van der Waals surface area contributed by atoms with Gasteiger partial charge in [0.25, 0.3) is 5.91 Å². The number of nitrogens with zero attached hydrogens (tertiary/aromatic N) is 2. The molecule has 1 aliphatic rings. The first kappa shape index (κ1) is 18.8. The van der Waals surface area contributed by atoms with Crippen LogP contribution >= 0.6 is 11.3 Å². The molecule has 6 nitrogen and oxygen atoms in total. The number of rotatable bonds is 6. The van der Waals surface area contributed by atoms with Crippen molar-refractivity contribution in [2.75, 3.05) is 18.5 Å². The van der Waals surface area contributed by atoms with Gasteiger partial charge in [-0.05, 0) is 37.1 Å². The molecule has 0 bridgehead atoms. The maximum atomic E-state index is 12.8. The Balaban J connectivity index is 1.27. The average Bonchev–Trinajstić information content (AvgIpc) is 3.51. The van der Waals surface area contributed by atoms with Crippen LogP contribution in [-0.2, 0) is 4.74 Å². The van der Waals surface area contributed by atoms with E-state index in [2.05, 4.69) is 10.3 Å². The lowest BCUT2D eigenvalue weighted by Crippen LogP contribution is -2.19. The van der Waals surface area contributed by atoms with Crippen molar-refractivity contribution in [2.24, 2.45) is 0 Å². The molecule has 3 heterocycles. The minimum absolute atomic E-state index is 0.104. The number of carbonyl (C=O) groups excluding carboxylic acids is 1. The number of carbonyl (C=O) groups is 1. The van der Waals surface area contributed by atoms with Gasteiger partial charge >= 0.3 is 0 Å². The molecule has 2 aromatic carbocycles. The van der Waals surface area contributed by atoms with Gasteiger partial charge in [-0.1, -0.05) is 24.3 Å². The maximum Gasteiger partial charge on any atom is 0.259 e. The largest absolute Gasteiger partial charge is 0.490 e. The summed E-state index contributed by atoms with van der Waals surface area (Å²) in [6, 6.07) is 15.0. The van der Waals surface area contributed by atoms with E-state index in [4.69, 9.17) is 9.47 Å². The summed E-state index contributed by atoms with van der Waals surface area (Å²) in [5.74, 6) is 0.369. The third-order valence-corrected chi connectivity index (χ3v) is 5.88. The third-order valence-electron chi connectivity index (χ3n) is 5.11. The van der Waals surface area contributed by atoms with Crippen molar-refractivity contribution in [3.63, 3.8) is 0 Å². The first-order chi connectivity index (χ1) is 14.8. The Morgan fingerprint density at radius 2 is 2.10 bits per heavy atom. The van der Waals surface area contributed by atoms with E-state index < -0.39 is 0 Å². The second kappa shape index (κ2) is 8.30. The molecule has 5 rings (SSSR count). The second-order valence-corrected chi connectivity index (χ2v) is 8.07. The highest BCUT2D eigenvalue weighted by Crippen LogP contribution is 2.25. The number of fused-ring (bicyclic) bond motifs is 1. The topological polar surface area (TPSA) is 64.9 Å². The number of nitrogens with one attached hydrogen (secondary N) is 1. The van der Waals surface area contributed by atoms with Crippen molar-refractivity contribution >= 4 is 27.9 Å². The molecule has 1 amide bonds. The van der Waals surface area contributed by atoms with Crippen LogP contribution in [-0.4, -0.2) is 34.6 Å². The second-order valence-electron chi connectivity index (χ2n) is 7.19. The van der Waals surface area contributed by atoms with E-state index in [-0.39, 0.29) is 12.0 Å². The highest BCUT2D eigenvalue weighted by atomic mass is 32.1. The van der Waals surface area contributed by atoms with Crippen molar-refractivity contribution in [3.8, 4) is 17.0 Å². The zero-order chi connectivity index (χ0) is 20.3. The van der Waals surface area contributed by atoms with Crippen LogP contribution in [0.3, 0.4) is 0 Å². The number of amides is 1. The summed E-state index contributed by atoms with van der Waals surface area (Å²) in [6.45, 7) is 1.24. The Morgan fingerprint density at radius 3 is 2.90 bits per heavy atom. The summed E-state index contributed by atoms with van der Waals surface area (Å²) in [4.78, 5) is 18.4. The number of anilines is 1. The number of benzene rings is 2. The molecule has 1 aliphatic heterocycles. The van der Waals surface area contributed by atoms with Crippen LogP contribution < -0.4 is 10.1 Å². The molecule has 0 saturated carbocycles. The van der Waals surface area contributed by atoms with Crippen LogP contribution in [0.25, 0.3) is 16.2 Å². The SMILES string of the molecule is O=C(Nc1ccc(-c2cn3ccsc3n2)cc1)c1ccccc1OC[C@@H]1CCCO1. The van der Waals surface area contributed by atoms with Gasteiger partial charge < -0.3 is 14.8 Å². The number of imidazole rings is 1. The van der Waals surface area contributed by atoms with Crippen LogP contribution in [0.1, 0.15) is 23.2 Å². The number of hydrogen-bond donors (Lipinski definition) is 1. The van der Waals surface area contributed by atoms with E-state index in [0.717, 1.165) is 41.4 Å². The Hall–Kier alpha value is -3.16. The number of hydrogen-bond acceptors (Lipinski definition) is 5. The molecule has 0 spiro atoms. The lowest BCUT2D eigenvalue weighted by Gasteiger charge is -2.14. The monoisotopic (exact) mass is 419 g/mol. The molecule has 30 heavy (non-hydrogen) atoms. The predicted molar refractivity (Wildman–Crippen MR) is 117 cm³/mol. The smallest absolute Gasteiger partial charge is 0.259 e. The summed E-state index contributed by atoms with van der Waals surface area (Å²) in [6.07, 6.45) is 6.15. The summed E-state index contributed by atoms with van der Waals surface area (Å²) >= 11 is 1.60. The van der Waals surface area contributed by atoms with Gasteiger partial charge in [-0.3, -0.25) is 9.20 Å². The van der Waals surface area contributed by atoms with Gasteiger partial charge in [-0.2, -0.15) is 0 Å². The highest BCUT2D eigenvalue weighted by molar-refractivity contribution is 7.15. The lowest BCUT2D eigenvalue weighted by atomic mass is 10.1. The molecule has 1 saturated heterocycles. The maximum absolute atomic E-state index is 12.8. The normalized spacial score (nSPS) is 16.1. The van der Waals surface area contributed by atoms with E-state index in [1.165, 1.54) is 0 Å². The van der Waals surface area contributed by atoms with Gasteiger partial charge in [0.15, 0.2) is 4.96 Å². The van der Waals surface area contributed by atoms with E-state index in [1.807, 2.05) is 64.6 Å². The van der Waals surface area contributed by atoms with Gasteiger partial charge in [0.05, 0.1) is 17.4 Å². The fourth-order valence-corrected chi connectivity index (χ4v) is 4.23. The molecule has 7 heteroatoms. The number of thiazole rings is 1. The Kier molecular flexibility index (Phi) is 5.21. The molecule has 1 N–H and O–H groups in total. The molecule has 0 aliphatic carbocycles. The van der Waals surface area contributed by atoms with Crippen molar-refractivity contribution < 1.29 is 14.3 Å². The van der Waals surface area contributed by atoms with Crippen LogP contribution in [0.5, 0.6) is 5.75 Å². The molecule has 0 unspecified atom stereocenters. The molecule has 152 valence electrons. The standard InChI is InChI=1S/C23H21N3O3S/c27-22(19-5-1-2-6-21(19)29-15-18-4-3-12-28-18)24-17-9-7-16(8-10-17)20-14-26-11-13-30-23(26)25-20/h1-2,5-11,13-14,18H,3-4,12,15H2,(H,24,27)/t18-/m0/s1. The fourth-order valence-electron chi connectivity index (χ4n) is 3.53. The minimum atomic E-state index is -0.201. The summed E-state index contributed by atoms with van der Waals surface area (Å²) in [5, 5.41) is 4.96. The highest BCUT2D eigenvalue weighted by Gasteiger charge is 2.18. The molecule has 2 aromatic heterocycles. The van der Waals surface area contributed by atoms with Crippen LogP contribution in [0.2, 0.25) is 0 Å². The Labute approximate surface area is 178 Å². The molecule has 0 radical (unpaired) electrons. The zero-order valence-corrected chi connectivity index (χ0v) is 17.1. The van der Waals surface area contributed by atoms with Crippen molar-refractivity contribution in [3.05, 3.63) is 71.9 Å². The Bertz CT molecular complexity index is 1130.